The first-order valence-corrected chi connectivity index (χ1v) is 6.53. The fourth-order valence-electron chi connectivity index (χ4n) is 2.31. The van der Waals surface area contributed by atoms with E-state index in [9.17, 15) is 23.5 Å². The van der Waals surface area contributed by atoms with Gasteiger partial charge in [-0.1, -0.05) is 0 Å². The van der Waals surface area contributed by atoms with Gasteiger partial charge >= 0.3 is 5.97 Å². The summed E-state index contributed by atoms with van der Waals surface area (Å²) in [5.74, 6) is -5.22. The Morgan fingerprint density at radius 2 is 1.86 bits per heavy atom. The Morgan fingerprint density at radius 3 is 2.43 bits per heavy atom. The summed E-state index contributed by atoms with van der Waals surface area (Å²) in [4.78, 5) is 22.8. The number of carboxylic acid groups (broad SMARTS) is 1. The van der Waals surface area contributed by atoms with Crippen LogP contribution in [0.25, 0.3) is 0 Å². The van der Waals surface area contributed by atoms with Crippen LogP contribution < -0.4 is 5.32 Å². The molecular formula is C14H15F2NO4. The van der Waals surface area contributed by atoms with Gasteiger partial charge in [0.1, 0.15) is 5.75 Å². The summed E-state index contributed by atoms with van der Waals surface area (Å²) in [7, 11) is 0. The van der Waals surface area contributed by atoms with Crippen molar-refractivity contribution in [2.45, 2.75) is 31.6 Å². The highest BCUT2D eigenvalue weighted by atomic mass is 19.3. The van der Waals surface area contributed by atoms with E-state index in [1.165, 1.54) is 6.07 Å². The van der Waals surface area contributed by atoms with Gasteiger partial charge in [0, 0.05) is 18.8 Å². The Labute approximate surface area is 119 Å². The molecule has 7 heteroatoms. The molecule has 1 fully saturated rings. The van der Waals surface area contributed by atoms with Crippen LogP contribution >= 0.6 is 0 Å². The van der Waals surface area contributed by atoms with Crippen LogP contribution in [0.15, 0.2) is 18.2 Å². The van der Waals surface area contributed by atoms with Crippen LogP contribution in [-0.2, 0) is 4.79 Å². The normalized spacial score (nSPS) is 18.2. The third-order valence-electron chi connectivity index (χ3n) is 3.59. The maximum atomic E-state index is 13.0. The zero-order valence-electron chi connectivity index (χ0n) is 11.1. The van der Waals surface area contributed by atoms with E-state index in [0.29, 0.717) is 0 Å². The number of nitrogens with one attached hydrogen (secondary N) is 1. The first kappa shape index (κ1) is 15.2. The smallest absolute Gasteiger partial charge is 0.335 e. The Balaban J connectivity index is 2.06. The average molecular weight is 299 g/mol. The third kappa shape index (κ3) is 3.68. The number of hydrogen-bond donors (Lipinski definition) is 3. The van der Waals surface area contributed by atoms with Crippen molar-refractivity contribution in [1.82, 2.24) is 0 Å². The molecule has 0 heterocycles. The summed E-state index contributed by atoms with van der Waals surface area (Å²) < 4.78 is 26.1. The summed E-state index contributed by atoms with van der Waals surface area (Å²) >= 11 is 0. The van der Waals surface area contributed by atoms with Crippen LogP contribution in [0.2, 0.25) is 0 Å². The van der Waals surface area contributed by atoms with Crippen LogP contribution in [0.3, 0.4) is 0 Å². The predicted molar refractivity (Wildman–Crippen MR) is 70.6 cm³/mol. The molecule has 2 rings (SSSR count). The first-order chi connectivity index (χ1) is 9.78. The summed E-state index contributed by atoms with van der Waals surface area (Å²) in [6.07, 6.45) is -0.547. The molecule has 1 saturated carbocycles. The second-order valence-corrected chi connectivity index (χ2v) is 5.16. The van der Waals surface area contributed by atoms with Crippen molar-refractivity contribution >= 4 is 17.6 Å². The number of amides is 1. The number of alkyl halides is 2. The quantitative estimate of drug-likeness (QED) is 0.749. The van der Waals surface area contributed by atoms with E-state index < -0.39 is 23.7 Å². The Hall–Kier alpha value is -2.18. The van der Waals surface area contributed by atoms with E-state index in [2.05, 4.69) is 5.32 Å². The maximum Gasteiger partial charge on any atom is 0.335 e. The topological polar surface area (TPSA) is 86.6 Å². The number of carboxylic acids is 1. The lowest BCUT2D eigenvalue weighted by Crippen LogP contribution is -2.31. The number of carbonyl (C=O) groups excluding carboxylic acids is 1. The molecule has 0 unspecified atom stereocenters. The van der Waals surface area contributed by atoms with E-state index in [1.54, 1.807) is 0 Å². The second kappa shape index (κ2) is 5.67. The molecule has 0 radical (unpaired) electrons. The van der Waals surface area contributed by atoms with Crippen LogP contribution in [0.1, 0.15) is 36.0 Å². The Kier molecular flexibility index (Phi) is 4.11. The van der Waals surface area contributed by atoms with Crippen molar-refractivity contribution in [1.29, 1.82) is 0 Å². The molecule has 5 nitrogen and oxygen atoms in total. The highest BCUT2D eigenvalue weighted by Crippen LogP contribution is 2.37. The van der Waals surface area contributed by atoms with Gasteiger partial charge in [0.15, 0.2) is 0 Å². The number of hydrogen-bond acceptors (Lipinski definition) is 3. The highest BCUT2D eigenvalue weighted by Gasteiger charge is 2.37. The molecule has 0 aromatic heterocycles. The SMILES string of the molecule is O=C(O)c1ccc(O)c(NC(=O)C2CCC(F)(F)CC2)c1. The molecule has 0 atom stereocenters. The molecule has 0 bridgehead atoms. The third-order valence-corrected chi connectivity index (χ3v) is 3.59. The standard InChI is InChI=1S/C14H15F2NO4/c15-14(16)5-3-8(4-6-14)12(19)17-10-7-9(13(20)21)1-2-11(10)18/h1-2,7-8,18H,3-6H2,(H,17,19)(H,20,21). The second-order valence-electron chi connectivity index (χ2n) is 5.16. The first-order valence-electron chi connectivity index (χ1n) is 6.53. The van der Waals surface area contributed by atoms with Crippen molar-refractivity contribution in [3.8, 4) is 5.75 Å². The molecule has 1 aromatic rings. The Morgan fingerprint density at radius 1 is 1.24 bits per heavy atom. The van der Waals surface area contributed by atoms with Crippen molar-refractivity contribution in [3.05, 3.63) is 23.8 Å². The van der Waals surface area contributed by atoms with E-state index in [1.807, 2.05) is 0 Å². The van der Waals surface area contributed by atoms with Crippen LogP contribution in [0.5, 0.6) is 5.75 Å². The molecule has 1 aliphatic carbocycles. The molecular weight excluding hydrogens is 284 g/mol. The van der Waals surface area contributed by atoms with Crippen LogP contribution in [-0.4, -0.2) is 28.0 Å². The van der Waals surface area contributed by atoms with Gasteiger partial charge in [-0.05, 0) is 31.0 Å². The van der Waals surface area contributed by atoms with Gasteiger partial charge in [-0.25, -0.2) is 13.6 Å². The molecule has 0 aliphatic heterocycles. The molecule has 114 valence electrons. The number of aromatic hydroxyl groups is 1. The van der Waals surface area contributed by atoms with Crippen molar-refractivity contribution in [3.63, 3.8) is 0 Å². The zero-order valence-corrected chi connectivity index (χ0v) is 11.1. The molecule has 1 aliphatic rings. The van der Waals surface area contributed by atoms with Gasteiger partial charge in [-0.2, -0.15) is 0 Å². The minimum absolute atomic E-state index is 0.0303. The molecule has 0 saturated heterocycles. The van der Waals surface area contributed by atoms with E-state index in [-0.39, 0.29) is 42.7 Å². The van der Waals surface area contributed by atoms with E-state index in [4.69, 9.17) is 5.11 Å². The highest BCUT2D eigenvalue weighted by molar-refractivity contribution is 5.96. The van der Waals surface area contributed by atoms with E-state index >= 15 is 0 Å². The van der Waals surface area contributed by atoms with Crippen LogP contribution in [0, 0.1) is 5.92 Å². The lowest BCUT2D eigenvalue weighted by molar-refractivity contribution is -0.124. The maximum absolute atomic E-state index is 13.0. The minimum atomic E-state index is -2.72. The lowest BCUT2D eigenvalue weighted by Gasteiger charge is -2.27. The number of anilines is 1. The Bertz CT molecular complexity index is 564. The van der Waals surface area contributed by atoms with Gasteiger partial charge in [0.2, 0.25) is 11.8 Å². The number of benzene rings is 1. The lowest BCUT2D eigenvalue weighted by atomic mass is 9.86. The van der Waals surface area contributed by atoms with Crippen molar-refractivity contribution in [2.24, 2.45) is 5.92 Å². The summed E-state index contributed by atoms with van der Waals surface area (Å²) in [6.45, 7) is 0. The van der Waals surface area contributed by atoms with E-state index in [0.717, 1.165) is 12.1 Å². The number of halogens is 2. The number of rotatable bonds is 3. The summed E-state index contributed by atoms with van der Waals surface area (Å²) in [6, 6.07) is 3.50. The molecule has 21 heavy (non-hydrogen) atoms. The van der Waals surface area contributed by atoms with Gasteiger partial charge in [0.05, 0.1) is 11.3 Å². The van der Waals surface area contributed by atoms with Crippen molar-refractivity contribution in [2.75, 3.05) is 5.32 Å². The van der Waals surface area contributed by atoms with Crippen molar-refractivity contribution < 1.29 is 28.6 Å². The summed E-state index contributed by atoms with van der Waals surface area (Å²) in [5.41, 5.74) is -0.115. The molecule has 3 N–H and O–H groups in total. The summed E-state index contributed by atoms with van der Waals surface area (Å²) in [5, 5.41) is 20.9. The number of carbonyl (C=O) groups is 2. The van der Waals surface area contributed by atoms with Crippen LogP contribution in [0.4, 0.5) is 14.5 Å². The zero-order chi connectivity index (χ0) is 15.6. The van der Waals surface area contributed by atoms with Gasteiger partial charge < -0.3 is 15.5 Å². The molecule has 0 spiro atoms. The monoisotopic (exact) mass is 299 g/mol. The van der Waals surface area contributed by atoms with Gasteiger partial charge in [-0.3, -0.25) is 4.79 Å². The number of aromatic carboxylic acids is 1. The van der Waals surface area contributed by atoms with Gasteiger partial charge in [-0.15, -0.1) is 0 Å². The molecule has 1 amide bonds. The predicted octanol–water partition coefficient (Wildman–Crippen LogP) is 2.85. The largest absolute Gasteiger partial charge is 0.506 e. The number of phenols is 1. The fourth-order valence-corrected chi connectivity index (χ4v) is 2.31. The average Bonchev–Trinajstić information content (AvgIpc) is 2.40. The minimum Gasteiger partial charge on any atom is -0.506 e. The number of phenolic OH excluding ortho intramolecular Hbond substituents is 1. The molecule has 1 aromatic carbocycles. The fraction of sp³-hybridized carbons (Fsp3) is 0.429. The van der Waals surface area contributed by atoms with Gasteiger partial charge in [0.25, 0.3) is 0 Å².